The van der Waals surface area contributed by atoms with Crippen LogP contribution in [0.4, 0.5) is 0 Å². The molecule has 2 saturated heterocycles. The average Bonchev–Trinajstić information content (AvgIpc) is 2.57. The highest BCUT2D eigenvalue weighted by Crippen LogP contribution is 2.40. The standard InChI is InChI=1S/C14H24N2O2/c1-3-14(4-2)9-12(17)16(13(14)18)11-7-5-6-8-15-10-11/h11,15H,3-10H2,1-2H3. The molecule has 0 saturated carbocycles. The van der Waals surface area contributed by atoms with Gasteiger partial charge in [0.25, 0.3) is 0 Å². The SMILES string of the molecule is CCC1(CC)CC(=O)N(C2CCCCNC2)C1=O. The fourth-order valence-electron chi connectivity index (χ4n) is 3.21. The quantitative estimate of drug-likeness (QED) is 0.778. The van der Waals surface area contributed by atoms with E-state index in [1.165, 1.54) is 0 Å². The summed E-state index contributed by atoms with van der Waals surface area (Å²) in [7, 11) is 0. The maximum Gasteiger partial charge on any atom is 0.236 e. The smallest absolute Gasteiger partial charge is 0.236 e. The number of carbonyl (C=O) groups excluding carboxylic acids is 2. The van der Waals surface area contributed by atoms with Gasteiger partial charge in [0, 0.05) is 13.0 Å². The van der Waals surface area contributed by atoms with Crippen LogP contribution >= 0.6 is 0 Å². The molecule has 4 nitrogen and oxygen atoms in total. The van der Waals surface area contributed by atoms with E-state index in [1.54, 1.807) is 4.90 Å². The first-order valence-electron chi connectivity index (χ1n) is 7.22. The molecule has 0 spiro atoms. The largest absolute Gasteiger partial charge is 0.315 e. The summed E-state index contributed by atoms with van der Waals surface area (Å²) in [6.07, 6.45) is 5.14. The predicted octanol–water partition coefficient (Wildman–Crippen LogP) is 1.69. The summed E-state index contributed by atoms with van der Waals surface area (Å²) in [5.74, 6) is 0.114. The van der Waals surface area contributed by atoms with E-state index in [4.69, 9.17) is 0 Å². The normalized spacial score (nSPS) is 28.6. The average molecular weight is 252 g/mol. The van der Waals surface area contributed by atoms with Crippen molar-refractivity contribution in [3.8, 4) is 0 Å². The zero-order valence-electron chi connectivity index (χ0n) is 11.5. The summed E-state index contributed by atoms with van der Waals surface area (Å²) in [5, 5.41) is 3.33. The van der Waals surface area contributed by atoms with Crippen LogP contribution in [0.1, 0.15) is 52.4 Å². The topological polar surface area (TPSA) is 49.4 Å². The van der Waals surface area contributed by atoms with Gasteiger partial charge in [-0.05, 0) is 32.2 Å². The van der Waals surface area contributed by atoms with Crippen molar-refractivity contribution in [3.63, 3.8) is 0 Å². The van der Waals surface area contributed by atoms with Crippen molar-refractivity contribution in [2.24, 2.45) is 5.41 Å². The van der Waals surface area contributed by atoms with Gasteiger partial charge >= 0.3 is 0 Å². The molecule has 0 radical (unpaired) electrons. The molecule has 0 aromatic heterocycles. The zero-order chi connectivity index (χ0) is 13.2. The third kappa shape index (κ3) is 2.18. The maximum atomic E-state index is 12.6. The molecule has 2 amide bonds. The summed E-state index contributed by atoms with van der Waals surface area (Å²) in [5.41, 5.74) is -0.413. The highest BCUT2D eigenvalue weighted by molar-refractivity contribution is 6.06. The number of carbonyl (C=O) groups is 2. The van der Waals surface area contributed by atoms with Gasteiger partial charge < -0.3 is 5.32 Å². The number of likely N-dealkylation sites (tertiary alicyclic amines) is 1. The number of amides is 2. The zero-order valence-corrected chi connectivity index (χ0v) is 11.5. The van der Waals surface area contributed by atoms with E-state index in [1.807, 2.05) is 13.8 Å². The molecule has 4 heteroatoms. The molecule has 1 unspecified atom stereocenters. The fourth-order valence-corrected chi connectivity index (χ4v) is 3.21. The molecule has 1 N–H and O–H groups in total. The van der Waals surface area contributed by atoms with Crippen LogP contribution in [-0.4, -0.2) is 35.8 Å². The van der Waals surface area contributed by atoms with E-state index in [2.05, 4.69) is 5.32 Å². The minimum atomic E-state index is -0.413. The molecular weight excluding hydrogens is 228 g/mol. The van der Waals surface area contributed by atoms with Crippen molar-refractivity contribution < 1.29 is 9.59 Å². The molecular formula is C14H24N2O2. The molecule has 2 heterocycles. The lowest BCUT2D eigenvalue weighted by atomic mass is 9.81. The van der Waals surface area contributed by atoms with Gasteiger partial charge in [-0.2, -0.15) is 0 Å². The third-order valence-corrected chi connectivity index (χ3v) is 4.67. The second kappa shape index (κ2) is 5.39. The van der Waals surface area contributed by atoms with Crippen molar-refractivity contribution in [2.75, 3.05) is 13.1 Å². The fraction of sp³-hybridized carbons (Fsp3) is 0.857. The maximum absolute atomic E-state index is 12.6. The lowest BCUT2D eigenvalue weighted by Gasteiger charge is -2.28. The summed E-state index contributed by atoms with van der Waals surface area (Å²) < 4.78 is 0. The molecule has 2 aliphatic rings. The van der Waals surface area contributed by atoms with E-state index in [-0.39, 0.29) is 17.9 Å². The van der Waals surface area contributed by atoms with Gasteiger partial charge in [0.1, 0.15) is 0 Å². The van der Waals surface area contributed by atoms with Crippen LogP contribution in [0.3, 0.4) is 0 Å². The molecule has 2 fully saturated rings. The van der Waals surface area contributed by atoms with Crippen LogP contribution in [-0.2, 0) is 9.59 Å². The second-order valence-corrected chi connectivity index (χ2v) is 5.59. The van der Waals surface area contributed by atoms with Crippen LogP contribution in [0.15, 0.2) is 0 Å². The van der Waals surface area contributed by atoms with Crippen molar-refractivity contribution >= 4 is 11.8 Å². The van der Waals surface area contributed by atoms with Gasteiger partial charge in [-0.1, -0.05) is 20.3 Å². The number of rotatable bonds is 3. The Bertz CT molecular complexity index is 329. The first-order chi connectivity index (χ1) is 8.64. The highest BCUT2D eigenvalue weighted by Gasteiger charge is 2.50. The van der Waals surface area contributed by atoms with Crippen LogP contribution in [0.5, 0.6) is 0 Å². The van der Waals surface area contributed by atoms with Gasteiger partial charge in [-0.15, -0.1) is 0 Å². The Morgan fingerprint density at radius 2 is 2.00 bits per heavy atom. The van der Waals surface area contributed by atoms with Crippen molar-refractivity contribution in [1.82, 2.24) is 10.2 Å². The molecule has 2 rings (SSSR count). The number of hydrogen-bond donors (Lipinski definition) is 1. The van der Waals surface area contributed by atoms with Gasteiger partial charge in [-0.25, -0.2) is 0 Å². The second-order valence-electron chi connectivity index (χ2n) is 5.59. The van der Waals surface area contributed by atoms with E-state index >= 15 is 0 Å². The summed E-state index contributed by atoms with van der Waals surface area (Å²) >= 11 is 0. The first kappa shape index (κ1) is 13.5. The number of hydrogen-bond acceptors (Lipinski definition) is 3. The Balaban J connectivity index is 2.17. The molecule has 0 aromatic rings. The Labute approximate surface area is 109 Å². The van der Waals surface area contributed by atoms with E-state index in [0.717, 1.165) is 45.2 Å². The van der Waals surface area contributed by atoms with Crippen LogP contribution in [0, 0.1) is 5.41 Å². The molecule has 0 aliphatic carbocycles. The van der Waals surface area contributed by atoms with Gasteiger partial charge in [0.2, 0.25) is 11.8 Å². The van der Waals surface area contributed by atoms with Gasteiger partial charge in [-0.3, -0.25) is 14.5 Å². The molecule has 18 heavy (non-hydrogen) atoms. The Hall–Kier alpha value is -0.900. The minimum absolute atomic E-state index is 0.0393. The first-order valence-corrected chi connectivity index (χ1v) is 7.22. The Kier molecular flexibility index (Phi) is 4.05. The minimum Gasteiger partial charge on any atom is -0.315 e. The van der Waals surface area contributed by atoms with Crippen molar-refractivity contribution in [1.29, 1.82) is 0 Å². The van der Waals surface area contributed by atoms with Crippen LogP contribution in [0.25, 0.3) is 0 Å². The summed E-state index contributed by atoms with van der Waals surface area (Å²) in [6.45, 7) is 5.80. The number of imide groups is 1. The lowest BCUT2D eigenvalue weighted by molar-refractivity contribution is -0.144. The molecule has 1 atom stereocenters. The van der Waals surface area contributed by atoms with Crippen LogP contribution < -0.4 is 5.32 Å². The van der Waals surface area contributed by atoms with E-state index in [9.17, 15) is 9.59 Å². The number of nitrogens with zero attached hydrogens (tertiary/aromatic N) is 1. The van der Waals surface area contributed by atoms with Crippen molar-refractivity contribution in [3.05, 3.63) is 0 Å². The summed E-state index contributed by atoms with van der Waals surface area (Å²) in [6, 6.07) is 0.0764. The lowest BCUT2D eigenvalue weighted by Crippen LogP contribution is -2.46. The molecule has 0 bridgehead atoms. The third-order valence-electron chi connectivity index (χ3n) is 4.67. The molecule has 0 aromatic carbocycles. The van der Waals surface area contributed by atoms with Crippen LogP contribution in [0.2, 0.25) is 0 Å². The van der Waals surface area contributed by atoms with Crippen molar-refractivity contribution in [2.45, 2.75) is 58.4 Å². The molecule has 2 aliphatic heterocycles. The Morgan fingerprint density at radius 3 is 2.61 bits per heavy atom. The van der Waals surface area contributed by atoms with E-state index in [0.29, 0.717) is 6.42 Å². The molecule has 102 valence electrons. The van der Waals surface area contributed by atoms with Gasteiger partial charge in [0.05, 0.1) is 11.5 Å². The summed E-state index contributed by atoms with van der Waals surface area (Å²) in [4.78, 5) is 26.4. The Morgan fingerprint density at radius 1 is 1.28 bits per heavy atom. The van der Waals surface area contributed by atoms with E-state index < -0.39 is 5.41 Å². The predicted molar refractivity (Wildman–Crippen MR) is 70.0 cm³/mol. The monoisotopic (exact) mass is 252 g/mol. The van der Waals surface area contributed by atoms with Gasteiger partial charge in [0.15, 0.2) is 0 Å². The number of nitrogens with one attached hydrogen (secondary N) is 1. The highest BCUT2D eigenvalue weighted by atomic mass is 16.2.